The summed E-state index contributed by atoms with van der Waals surface area (Å²) in [7, 11) is 0. The van der Waals surface area contributed by atoms with Crippen molar-refractivity contribution in [2.75, 3.05) is 49.2 Å². The molecule has 38 heavy (non-hydrogen) atoms. The van der Waals surface area contributed by atoms with Crippen molar-refractivity contribution in [2.45, 2.75) is 32.5 Å². The Morgan fingerprint density at radius 3 is 2.76 bits per heavy atom. The Morgan fingerprint density at radius 1 is 1.29 bits per heavy atom. The SMILES string of the molecule is CCN1C(=O)[C@H]2CN(C(=O)CCOCC(C)=Nc3cn[nH]c(=O)c3C(F)(F)F)CCN2c2ncc(Br)cc21. The highest BCUT2D eigenvalue weighted by atomic mass is 79.9. The average Bonchev–Trinajstić information content (AvgIpc) is 2.85. The number of nitrogens with zero attached hydrogens (tertiary/aromatic N) is 6. The van der Waals surface area contributed by atoms with Gasteiger partial charge in [0.1, 0.15) is 17.3 Å². The number of piperazine rings is 1. The first-order valence-corrected chi connectivity index (χ1v) is 12.6. The number of rotatable bonds is 7. The Morgan fingerprint density at radius 2 is 2.05 bits per heavy atom. The molecule has 4 rings (SSSR count). The standard InChI is InChI=1S/C23H25BrF3N7O4/c1-3-33-16-8-14(24)9-28-20(16)34-6-5-32(11-17(34)22(33)37)18(35)4-7-38-12-13(2)30-15-10-29-31-21(36)19(15)23(25,26)27/h8-10,17H,3-7,11-12H2,1-2H3,(H,31,36)/t17-/m1/s1. The van der Waals surface area contributed by atoms with Gasteiger partial charge in [-0.1, -0.05) is 0 Å². The zero-order chi connectivity index (χ0) is 27.6. The second-order valence-electron chi connectivity index (χ2n) is 8.73. The van der Waals surface area contributed by atoms with Gasteiger partial charge in [-0.05, 0) is 35.8 Å². The van der Waals surface area contributed by atoms with E-state index in [0.717, 1.165) is 16.4 Å². The highest BCUT2D eigenvalue weighted by Crippen LogP contribution is 2.37. The number of nitrogens with one attached hydrogen (secondary N) is 1. The predicted molar refractivity (Wildman–Crippen MR) is 136 cm³/mol. The number of halogens is 4. The molecular formula is C23H25BrF3N7O4. The van der Waals surface area contributed by atoms with Crippen LogP contribution in [0.5, 0.6) is 0 Å². The summed E-state index contributed by atoms with van der Waals surface area (Å²) < 4.78 is 45.7. The molecule has 2 aromatic heterocycles. The van der Waals surface area contributed by atoms with Gasteiger partial charge in [0, 0.05) is 36.0 Å². The number of anilines is 2. The van der Waals surface area contributed by atoms with Crippen LogP contribution in [0.1, 0.15) is 25.8 Å². The lowest BCUT2D eigenvalue weighted by atomic mass is 10.1. The van der Waals surface area contributed by atoms with E-state index in [1.165, 1.54) is 6.92 Å². The van der Waals surface area contributed by atoms with E-state index in [4.69, 9.17) is 4.74 Å². The number of carbonyl (C=O) groups excluding carboxylic acids is 2. The number of amides is 2. The Labute approximate surface area is 223 Å². The van der Waals surface area contributed by atoms with Gasteiger partial charge in [0.2, 0.25) is 5.91 Å². The van der Waals surface area contributed by atoms with Gasteiger partial charge >= 0.3 is 6.18 Å². The van der Waals surface area contributed by atoms with Crippen molar-refractivity contribution in [1.82, 2.24) is 20.1 Å². The Balaban J connectivity index is 1.33. The second-order valence-corrected chi connectivity index (χ2v) is 9.65. The molecule has 204 valence electrons. The number of carbonyl (C=O) groups is 2. The molecule has 1 N–H and O–H groups in total. The van der Waals surface area contributed by atoms with Crippen molar-refractivity contribution in [3.8, 4) is 0 Å². The minimum atomic E-state index is -4.89. The van der Waals surface area contributed by atoms with Gasteiger partial charge in [-0.15, -0.1) is 0 Å². The summed E-state index contributed by atoms with van der Waals surface area (Å²) in [4.78, 5) is 51.1. The Bertz CT molecular complexity index is 1320. The fraction of sp³-hybridized carbons (Fsp3) is 0.478. The lowest BCUT2D eigenvalue weighted by Crippen LogP contribution is -2.63. The van der Waals surface area contributed by atoms with Crippen LogP contribution in [0.2, 0.25) is 0 Å². The summed E-state index contributed by atoms with van der Waals surface area (Å²) in [6.45, 7) is 4.71. The Kier molecular flexibility index (Phi) is 8.16. The molecule has 0 spiro atoms. The fourth-order valence-electron chi connectivity index (χ4n) is 4.46. The maximum Gasteiger partial charge on any atom is 0.423 e. The number of aromatic nitrogens is 3. The number of fused-ring (bicyclic) bond motifs is 3. The number of hydrogen-bond acceptors (Lipinski definition) is 8. The number of ether oxygens (including phenoxy) is 1. The van der Waals surface area contributed by atoms with Crippen LogP contribution in [0.4, 0.5) is 30.4 Å². The molecular weight excluding hydrogens is 575 g/mol. The smallest absolute Gasteiger partial charge is 0.375 e. The first-order valence-electron chi connectivity index (χ1n) is 11.8. The third-order valence-corrected chi connectivity index (χ3v) is 6.61. The molecule has 15 heteroatoms. The van der Waals surface area contributed by atoms with Crippen LogP contribution in [0, 0.1) is 0 Å². The summed E-state index contributed by atoms with van der Waals surface area (Å²) in [5.41, 5.74) is -2.53. The van der Waals surface area contributed by atoms with E-state index >= 15 is 0 Å². The van der Waals surface area contributed by atoms with E-state index in [-0.39, 0.29) is 43.7 Å². The molecule has 1 fully saturated rings. The molecule has 2 aromatic rings. The first kappa shape index (κ1) is 27.7. The number of likely N-dealkylation sites (N-methyl/N-ethyl adjacent to an activating group) is 1. The van der Waals surface area contributed by atoms with Crippen LogP contribution < -0.4 is 15.4 Å². The largest absolute Gasteiger partial charge is 0.423 e. The first-order chi connectivity index (χ1) is 18.0. The quantitative estimate of drug-likeness (QED) is 0.383. The van der Waals surface area contributed by atoms with Crippen molar-refractivity contribution < 1.29 is 27.5 Å². The highest BCUT2D eigenvalue weighted by Gasteiger charge is 2.42. The number of alkyl halides is 3. The van der Waals surface area contributed by atoms with Crippen molar-refractivity contribution in [3.63, 3.8) is 0 Å². The number of aliphatic imine (C=N–C) groups is 1. The molecule has 0 saturated carbocycles. The van der Waals surface area contributed by atoms with Gasteiger partial charge in [0.05, 0.1) is 38.1 Å². The molecule has 0 aliphatic carbocycles. The van der Waals surface area contributed by atoms with Crippen LogP contribution >= 0.6 is 15.9 Å². The van der Waals surface area contributed by atoms with Crippen molar-refractivity contribution in [3.05, 3.63) is 38.9 Å². The average molecular weight is 600 g/mol. The molecule has 0 bridgehead atoms. The van der Waals surface area contributed by atoms with Crippen molar-refractivity contribution >= 4 is 50.6 Å². The van der Waals surface area contributed by atoms with Gasteiger partial charge in [-0.25, -0.2) is 10.1 Å². The highest BCUT2D eigenvalue weighted by molar-refractivity contribution is 9.10. The number of aromatic amines is 1. The molecule has 4 heterocycles. The van der Waals surface area contributed by atoms with E-state index in [0.29, 0.717) is 25.5 Å². The molecule has 0 aromatic carbocycles. The van der Waals surface area contributed by atoms with Gasteiger partial charge in [0.25, 0.3) is 11.5 Å². The van der Waals surface area contributed by atoms with Crippen molar-refractivity contribution in [2.24, 2.45) is 4.99 Å². The zero-order valence-corrected chi connectivity index (χ0v) is 22.2. The minimum absolute atomic E-state index is 0.00374. The van der Waals surface area contributed by atoms with E-state index in [2.05, 4.69) is 31.0 Å². The van der Waals surface area contributed by atoms with E-state index in [1.54, 1.807) is 21.1 Å². The van der Waals surface area contributed by atoms with E-state index in [1.807, 2.05) is 17.9 Å². The molecule has 2 aliphatic rings. The van der Waals surface area contributed by atoms with Gasteiger partial charge in [-0.3, -0.25) is 19.4 Å². The molecule has 2 amide bonds. The summed E-state index contributed by atoms with van der Waals surface area (Å²) in [6, 6.07) is 1.31. The third-order valence-electron chi connectivity index (χ3n) is 6.18. The molecule has 0 radical (unpaired) electrons. The zero-order valence-electron chi connectivity index (χ0n) is 20.6. The maximum absolute atomic E-state index is 13.2. The molecule has 11 nitrogen and oxygen atoms in total. The van der Waals surface area contributed by atoms with Gasteiger partial charge in [0.15, 0.2) is 5.82 Å². The monoisotopic (exact) mass is 599 g/mol. The molecule has 0 unspecified atom stereocenters. The summed E-state index contributed by atoms with van der Waals surface area (Å²) in [5.74, 6) is 0.393. The lowest BCUT2D eigenvalue weighted by Gasteiger charge is -2.47. The Hall–Kier alpha value is -3.33. The molecule has 2 aliphatic heterocycles. The van der Waals surface area contributed by atoms with Crippen LogP contribution in [-0.2, 0) is 20.5 Å². The van der Waals surface area contributed by atoms with Crippen LogP contribution in [0.3, 0.4) is 0 Å². The minimum Gasteiger partial charge on any atom is -0.375 e. The summed E-state index contributed by atoms with van der Waals surface area (Å²) in [5, 5.41) is 5.12. The predicted octanol–water partition coefficient (Wildman–Crippen LogP) is 2.53. The summed E-state index contributed by atoms with van der Waals surface area (Å²) in [6.07, 6.45) is -2.38. The van der Waals surface area contributed by atoms with Gasteiger partial charge < -0.3 is 19.4 Å². The van der Waals surface area contributed by atoms with Gasteiger partial charge in [-0.2, -0.15) is 18.3 Å². The molecule has 1 atom stereocenters. The maximum atomic E-state index is 13.2. The van der Waals surface area contributed by atoms with Crippen LogP contribution in [-0.4, -0.2) is 83.0 Å². The van der Waals surface area contributed by atoms with E-state index < -0.39 is 29.0 Å². The number of pyridine rings is 1. The topological polar surface area (TPSA) is 124 Å². The molecule has 1 saturated heterocycles. The third kappa shape index (κ3) is 5.72. The fourth-order valence-corrected chi connectivity index (χ4v) is 4.78. The second kappa shape index (κ2) is 11.2. The van der Waals surface area contributed by atoms with Crippen LogP contribution in [0.25, 0.3) is 0 Å². The summed E-state index contributed by atoms with van der Waals surface area (Å²) >= 11 is 3.40. The lowest BCUT2D eigenvalue weighted by molar-refractivity contribution is -0.138. The normalized spacial score (nSPS) is 17.9. The van der Waals surface area contributed by atoms with E-state index in [9.17, 15) is 27.6 Å². The van der Waals surface area contributed by atoms with Crippen LogP contribution in [0.15, 0.2) is 32.7 Å². The number of hydrogen-bond donors (Lipinski definition) is 1. The number of H-pyrrole nitrogens is 1. The van der Waals surface area contributed by atoms with Crippen molar-refractivity contribution in [1.29, 1.82) is 0 Å².